The molecule has 0 amide bonds. The summed E-state index contributed by atoms with van der Waals surface area (Å²) in [6.07, 6.45) is 1.08. The number of aliphatic hydroxyl groups excluding tert-OH is 1. The van der Waals surface area contributed by atoms with Gasteiger partial charge in [0.1, 0.15) is 3.70 Å². The second-order valence-corrected chi connectivity index (χ2v) is 3.35. The van der Waals surface area contributed by atoms with Gasteiger partial charge in [-0.2, -0.15) is 0 Å². The molecular formula is C7H9IN2O. The van der Waals surface area contributed by atoms with E-state index < -0.39 is 6.10 Å². The molecule has 3 N–H and O–H groups in total. The molecule has 0 aliphatic heterocycles. The van der Waals surface area contributed by atoms with Crippen molar-refractivity contribution in [2.24, 2.45) is 0 Å². The third kappa shape index (κ3) is 2.03. The zero-order valence-electron chi connectivity index (χ0n) is 6.08. The van der Waals surface area contributed by atoms with E-state index >= 15 is 0 Å². The van der Waals surface area contributed by atoms with Crippen LogP contribution in [0.3, 0.4) is 0 Å². The molecule has 11 heavy (non-hydrogen) atoms. The maximum Gasteiger partial charge on any atom is 0.107 e. The molecule has 0 bridgehead atoms. The lowest BCUT2D eigenvalue weighted by Crippen LogP contribution is -1.99. The number of rotatable bonds is 1. The summed E-state index contributed by atoms with van der Waals surface area (Å²) in [4.78, 5) is 4.00. The maximum absolute atomic E-state index is 9.23. The summed E-state index contributed by atoms with van der Waals surface area (Å²) in [6, 6.07) is 1.74. The highest BCUT2D eigenvalue weighted by Gasteiger charge is 2.06. The van der Waals surface area contributed by atoms with Gasteiger partial charge in [0.05, 0.1) is 18.0 Å². The van der Waals surface area contributed by atoms with Crippen molar-refractivity contribution in [3.05, 3.63) is 21.5 Å². The highest BCUT2D eigenvalue weighted by Crippen LogP contribution is 2.19. The fourth-order valence-corrected chi connectivity index (χ4v) is 1.52. The summed E-state index contributed by atoms with van der Waals surface area (Å²) in [5.41, 5.74) is 6.86. The van der Waals surface area contributed by atoms with Crippen molar-refractivity contribution in [3.8, 4) is 0 Å². The van der Waals surface area contributed by atoms with Gasteiger partial charge in [0.2, 0.25) is 0 Å². The van der Waals surface area contributed by atoms with Crippen LogP contribution in [0.5, 0.6) is 0 Å². The summed E-state index contributed by atoms with van der Waals surface area (Å²) in [5.74, 6) is 0. The Morgan fingerprint density at radius 1 is 1.73 bits per heavy atom. The van der Waals surface area contributed by atoms with Crippen molar-refractivity contribution in [3.63, 3.8) is 0 Å². The lowest BCUT2D eigenvalue weighted by atomic mass is 10.2. The summed E-state index contributed by atoms with van der Waals surface area (Å²) in [7, 11) is 0. The van der Waals surface area contributed by atoms with Crippen LogP contribution in [0.2, 0.25) is 0 Å². The molecular weight excluding hydrogens is 255 g/mol. The van der Waals surface area contributed by atoms with E-state index in [1.807, 2.05) is 0 Å². The number of pyridine rings is 1. The summed E-state index contributed by atoms with van der Waals surface area (Å²) in [5, 5.41) is 9.23. The van der Waals surface area contributed by atoms with Crippen LogP contribution in [-0.4, -0.2) is 10.1 Å². The number of nitrogens with two attached hydrogens (primary N) is 1. The molecule has 1 aromatic rings. The first-order valence-electron chi connectivity index (χ1n) is 3.20. The van der Waals surface area contributed by atoms with Crippen molar-refractivity contribution in [2.75, 3.05) is 5.73 Å². The van der Waals surface area contributed by atoms with Crippen LogP contribution in [0.1, 0.15) is 18.6 Å². The predicted molar refractivity (Wildman–Crippen MR) is 52.0 cm³/mol. The zero-order valence-corrected chi connectivity index (χ0v) is 8.24. The van der Waals surface area contributed by atoms with E-state index in [4.69, 9.17) is 5.73 Å². The van der Waals surface area contributed by atoms with Crippen LogP contribution in [0.15, 0.2) is 12.3 Å². The lowest BCUT2D eigenvalue weighted by Gasteiger charge is -2.06. The molecule has 0 aromatic carbocycles. The largest absolute Gasteiger partial charge is 0.397 e. The minimum Gasteiger partial charge on any atom is -0.397 e. The van der Waals surface area contributed by atoms with Crippen LogP contribution in [-0.2, 0) is 0 Å². The van der Waals surface area contributed by atoms with E-state index in [-0.39, 0.29) is 0 Å². The Bertz CT molecular complexity index is 263. The van der Waals surface area contributed by atoms with E-state index in [1.54, 1.807) is 19.2 Å². The highest BCUT2D eigenvalue weighted by atomic mass is 127. The molecule has 1 heterocycles. The van der Waals surface area contributed by atoms with Crippen molar-refractivity contribution in [2.45, 2.75) is 13.0 Å². The summed E-state index contributed by atoms with van der Waals surface area (Å²) < 4.78 is 0.798. The number of anilines is 1. The van der Waals surface area contributed by atoms with Gasteiger partial charge in [0.15, 0.2) is 0 Å². The van der Waals surface area contributed by atoms with Gasteiger partial charge in [-0.3, -0.25) is 0 Å². The predicted octanol–water partition coefficient (Wildman–Crippen LogP) is 1.32. The zero-order chi connectivity index (χ0) is 8.43. The van der Waals surface area contributed by atoms with Crippen LogP contribution in [0.4, 0.5) is 5.69 Å². The minimum atomic E-state index is -0.502. The van der Waals surface area contributed by atoms with Crippen molar-refractivity contribution >= 4 is 28.3 Å². The standard InChI is InChI=1S/C7H9IN2O/c1-4(11)6-2-5(9)3-10-7(6)8/h2-4,11H,9H2,1H3. The molecule has 0 aliphatic rings. The lowest BCUT2D eigenvalue weighted by molar-refractivity contribution is 0.198. The monoisotopic (exact) mass is 264 g/mol. The van der Waals surface area contributed by atoms with Gasteiger partial charge >= 0.3 is 0 Å². The average Bonchev–Trinajstić information content (AvgIpc) is 1.94. The van der Waals surface area contributed by atoms with Gasteiger partial charge in [0, 0.05) is 5.56 Å². The molecule has 1 rings (SSSR count). The second kappa shape index (κ2) is 3.36. The topological polar surface area (TPSA) is 59.1 Å². The van der Waals surface area contributed by atoms with Crippen LogP contribution < -0.4 is 5.73 Å². The molecule has 0 radical (unpaired) electrons. The fourth-order valence-electron chi connectivity index (χ4n) is 0.775. The quantitative estimate of drug-likeness (QED) is 0.594. The Balaban J connectivity index is 3.13. The van der Waals surface area contributed by atoms with Crippen molar-refractivity contribution in [1.29, 1.82) is 0 Å². The number of halogens is 1. The Hall–Kier alpha value is -0.360. The average molecular weight is 264 g/mol. The van der Waals surface area contributed by atoms with Crippen molar-refractivity contribution < 1.29 is 5.11 Å². The molecule has 60 valence electrons. The number of hydrogen-bond acceptors (Lipinski definition) is 3. The normalized spacial score (nSPS) is 13.0. The molecule has 0 fully saturated rings. The Morgan fingerprint density at radius 2 is 2.36 bits per heavy atom. The first-order valence-corrected chi connectivity index (χ1v) is 4.28. The maximum atomic E-state index is 9.23. The number of aromatic nitrogens is 1. The van der Waals surface area contributed by atoms with E-state index in [0.29, 0.717) is 5.69 Å². The Kier molecular flexibility index (Phi) is 2.67. The number of nitrogens with zero attached hydrogens (tertiary/aromatic N) is 1. The number of nitrogen functional groups attached to an aromatic ring is 1. The molecule has 1 aromatic heterocycles. The first kappa shape index (κ1) is 8.73. The van der Waals surface area contributed by atoms with Gasteiger partial charge in [-0.25, -0.2) is 4.98 Å². The van der Waals surface area contributed by atoms with Gasteiger partial charge in [-0.1, -0.05) is 0 Å². The van der Waals surface area contributed by atoms with E-state index in [0.717, 1.165) is 9.26 Å². The third-order valence-corrected chi connectivity index (χ3v) is 2.24. The molecule has 0 aliphatic carbocycles. The highest BCUT2D eigenvalue weighted by molar-refractivity contribution is 14.1. The van der Waals surface area contributed by atoms with Crippen LogP contribution in [0, 0.1) is 3.70 Å². The van der Waals surface area contributed by atoms with Crippen LogP contribution >= 0.6 is 22.6 Å². The first-order chi connectivity index (χ1) is 5.11. The molecule has 0 saturated carbocycles. The minimum absolute atomic E-state index is 0.502. The summed E-state index contributed by atoms with van der Waals surface area (Å²) in [6.45, 7) is 1.69. The molecule has 0 saturated heterocycles. The van der Waals surface area contributed by atoms with E-state index in [9.17, 15) is 5.11 Å². The van der Waals surface area contributed by atoms with Gasteiger partial charge in [-0.05, 0) is 35.6 Å². The Labute approximate surface area is 78.8 Å². The van der Waals surface area contributed by atoms with Gasteiger partial charge in [0.25, 0.3) is 0 Å². The molecule has 1 atom stereocenters. The van der Waals surface area contributed by atoms with Crippen molar-refractivity contribution in [1.82, 2.24) is 4.98 Å². The summed E-state index contributed by atoms with van der Waals surface area (Å²) >= 11 is 2.07. The molecule has 0 spiro atoms. The molecule has 4 heteroatoms. The van der Waals surface area contributed by atoms with Gasteiger partial charge in [-0.15, -0.1) is 0 Å². The second-order valence-electron chi connectivity index (χ2n) is 2.32. The SMILES string of the molecule is CC(O)c1cc(N)cnc1I. The Morgan fingerprint density at radius 3 is 2.82 bits per heavy atom. The third-order valence-electron chi connectivity index (χ3n) is 1.34. The fraction of sp³-hybridized carbons (Fsp3) is 0.286. The molecule has 1 unspecified atom stereocenters. The smallest absolute Gasteiger partial charge is 0.107 e. The number of hydrogen-bond donors (Lipinski definition) is 2. The van der Waals surface area contributed by atoms with E-state index in [1.165, 1.54) is 0 Å². The van der Waals surface area contributed by atoms with Gasteiger partial charge < -0.3 is 10.8 Å². The number of aliphatic hydroxyl groups is 1. The van der Waals surface area contributed by atoms with E-state index in [2.05, 4.69) is 27.6 Å². The molecule has 3 nitrogen and oxygen atoms in total. The van der Waals surface area contributed by atoms with Crippen LogP contribution in [0.25, 0.3) is 0 Å².